The minimum atomic E-state index is -2.05. The zero-order chi connectivity index (χ0) is 62.1. The van der Waals surface area contributed by atoms with Gasteiger partial charge in [-0.1, -0.05) is 13.0 Å². The van der Waals surface area contributed by atoms with E-state index in [9.17, 15) is 84.3 Å². The van der Waals surface area contributed by atoms with Crippen LogP contribution in [0.1, 0.15) is 84.4 Å². The highest BCUT2D eigenvalue weighted by Gasteiger charge is 2.50. The van der Waals surface area contributed by atoms with Crippen LogP contribution < -0.4 is 32.0 Å². The number of ether oxygens (including phenoxy) is 5. The lowest BCUT2D eigenvalue weighted by atomic mass is 9.86. The van der Waals surface area contributed by atoms with Crippen LogP contribution >= 0.6 is 0 Å². The number of anilines is 1. The largest absolute Gasteiger partial charge is 0.479 e. The number of amides is 4. The lowest BCUT2D eigenvalue weighted by Gasteiger charge is -2.38. The molecule has 2 fully saturated rings. The summed E-state index contributed by atoms with van der Waals surface area (Å²) < 4.78 is 44.0. The standard InChI is InChI=1S/C55H66FN7O22/c1-5-55(80)28-17-33-38-26(19-63(33)49(73)27(28)21-81-53(55)78)23(3)37-25(22(2)29(56)18-32(37)60-38)8-7-15-62(4)54(79)82-20-24-11-12-34(83-52-44(71)40(67)42(69)46(85-52)51(76)77)31(16-24)59-36(65)13-14-58-47(72)30(57)9-6-10-35(64)61-48-43(70)39(66)41(68)45(84-48)50(74)75/h11-12,16-18,30,39-46,48,52,66-71,80H,5-10,13-15,19-21,57H2,1-4H3,(H,58,72)(H,59,65)(H,61,64)(H,74,75)(H,76,77)/t30-,39-,40-,41-,42-,43+,44+,45-,46-,48-,52+,55-/m0/s1. The Bertz CT molecular complexity index is 3360. The number of aliphatic hydroxyl groups excluding tert-OH is 6. The van der Waals surface area contributed by atoms with Crippen LogP contribution in [0.5, 0.6) is 5.75 Å². The van der Waals surface area contributed by atoms with Crippen molar-refractivity contribution in [2.24, 2.45) is 5.73 Å². The van der Waals surface area contributed by atoms with Crippen molar-refractivity contribution in [3.05, 3.63) is 85.4 Å². The van der Waals surface area contributed by atoms with E-state index in [0.29, 0.717) is 45.4 Å². The molecule has 2 aromatic carbocycles. The summed E-state index contributed by atoms with van der Waals surface area (Å²) in [4.78, 5) is 108. The molecule has 12 atom stereocenters. The molecule has 8 rings (SSSR count). The summed E-state index contributed by atoms with van der Waals surface area (Å²) in [5.74, 6) is -7.23. The minimum Gasteiger partial charge on any atom is -0.479 e. The van der Waals surface area contributed by atoms with Gasteiger partial charge in [0.2, 0.25) is 24.0 Å². The number of nitrogens with two attached hydrogens (primary N) is 1. The zero-order valence-corrected chi connectivity index (χ0v) is 46.4. The lowest BCUT2D eigenvalue weighted by Crippen LogP contribution is -2.64. The molecule has 0 radical (unpaired) electrons. The van der Waals surface area contributed by atoms with Gasteiger partial charge in [-0.25, -0.2) is 28.6 Å². The van der Waals surface area contributed by atoms with Crippen LogP contribution in [-0.2, 0) is 79.5 Å². The van der Waals surface area contributed by atoms with Crippen molar-refractivity contribution in [2.75, 3.05) is 25.5 Å². The van der Waals surface area contributed by atoms with Crippen molar-refractivity contribution < 1.29 is 108 Å². The molecule has 6 heterocycles. The van der Waals surface area contributed by atoms with Crippen LogP contribution in [0.3, 0.4) is 0 Å². The number of hydrogen-bond acceptors (Lipinski definition) is 22. The van der Waals surface area contributed by atoms with E-state index in [1.807, 2.05) is 6.92 Å². The number of hydrogen-bond donors (Lipinski definition) is 13. The number of rotatable bonds is 21. The quantitative estimate of drug-likeness (QED) is 0.0363. The maximum atomic E-state index is 15.7. The van der Waals surface area contributed by atoms with E-state index < -0.39 is 139 Å². The van der Waals surface area contributed by atoms with Gasteiger partial charge in [0, 0.05) is 55.6 Å². The van der Waals surface area contributed by atoms with Crippen LogP contribution in [0.4, 0.5) is 14.9 Å². The van der Waals surface area contributed by atoms with E-state index in [1.54, 1.807) is 19.9 Å². The van der Waals surface area contributed by atoms with Gasteiger partial charge in [0.15, 0.2) is 24.0 Å². The minimum absolute atomic E-state index is 0.00103. The fourth-order valence-corrected chi connectivity index (χ4v) is 10.6. The monoisotopic (exact) mass is 1200 g/mol. The predicted molar refractivity (Wildman–Crippen MR) is 287 cm³/mol. The Balaban J connectivity index is 0.882. The van der Waals surface area contributed by atoms with Crippen LogP contribution in [-0.4, -0.2) is 190 Å². The molecule has 14 N–H and O–H groups in total. The van der Waals surface area contributed by atoms with Gasteiger partial charge >= 0.3 is 24.0 Å². The first-order chi connectivity index (χ1) is 40.2. The Morgan fingerprint density at radius 1 is 0.882 bits per heavy atom. The highest BCUT2D eigenvalue weighted by molar-refractivity contribution is 5.94. The molecule has 460 valence electrons. The van der Waals surface area contributed by atoms with Crippen LogP contribution in [0.2, 0.25) is 0 Å². The van der Waals surface area contributed by atoms with E-state index in [2.05, 4.69) is 16.0 Å². The molecule has 2 aromatic heterocycles. The summed E-state index contributed by atoms with van der Waals surface area (Å²) in [6.45, 7) is 4.33. The molecular formula is C55H66FN7O22. The summed E-state index contributed by atoms with van der Waals surface area (Å²) in [5.41, 5.74) is 7.44. The summed E-state index contributed by atoms with van der Waals surface area (Å²) in [7, 11) is 1.48. The number of pyridine rings is 2. The molecule has 30 heteroatoms. The van der Waals surface area contributed by atoms with Crippen molar-refractivity contribution >= 4 is 58.3 Å². The molecule has 2 saturated heterocycles. The van der Waals surface area contributed by atoms with Gasteiger partial charge in [0.1, 0.15) is 61.4 Å². The number of carboxylic acids is 2. The zero-order valence-electron chi connectivity index (χ0n) is 46.4. The smallest absolute Gasteiger partial charge is 0.409 e. The van der Waals surface area contributed by atoms with E-state index in [4.69, 9.17) is 34.4 Å². The Morgan fingerprint density at radius 3 is 2.25 bits per heavy atom. The SMILES string of the molecule is CC[C@@]1(O)C(=O)OCc2c1cc1n(c2=O)Cc2c-1nc1cc(F)c(C)c(CCCN(C)C(=O)OCc3ccc(O[C@@H]4O[C@H](C(=O)O)[C@@H](O)[C@H](O)[C@H]4O)c(NC(=O)CCNC(=O)[C@@H](N)CCCC(=O)N[C@H]4O[C@H](C(=O)O)[C@@H](O)[C@H](O)[C@H]4O)c3)c1c2C. The average molecular weight is 1200 g/mol. The number of aliphatic carboxylic acids is 2. The third kappa shape index (κ3) is 12.9. The number of carboxylic acid groups (broad SMARTS) is 2. The number of fused-ring (bicyclic) bond motifs is 5. The topological polar surface area (TPSA) is 448 Å². The van der Waals surface area contributed by atoms with Crippen LogP contribution in [0.15, 0.2) is 35.1 Å². The number of carbonyl (C=O) groups excluding carboxylic acids is 5. The molecule has 0 spiro atoms. The first-order valence-corrected chi connectivity index (χ1v) is 27.1. The third-order valence-electron chi connectivity index (χ3n) is 15.6. The van der Waals surface area contributed by atoms with E-state index in [1.165, 1.54) is 40.8 Å². The van der Waals surface area contributed by atoms with Crippen molar-refractivity contribution in [1.29, 1.82) is 0 Å². The molecule has 4 aliphatic rings. The Kier molecular flexibility index (Phi) is 19.2. The molecule has 4 aliphatic heterocycles. The second-order valence-corrected chi connectivity index (χ2v) is 21.2. The fourth-order valence-electron chi connectivity index (χ4n) is 10.6. The normalized spacial score (nSPS) is 25.4. The van der Waals surface area contributed by atoms with Gasteiger partial charge in [-0.3, -0.25) is 19.2 Å². The maximum Gasteiger partial charge on any atom is 0.409 e. The van der Waals surface area contributed by atoms with E-state index in [0.717, 1.165) is 5.56 Å². The highest BCUT2D eigenvalue weighted by Crippen LogP contribution is 2.42. The number of carbonyl (C=O) groups is 7. The summed E-state index contributed by atoms with van der Waals surface area (Å²) in [5, 5.41) is 99.3. The summed E-state index contributed by atoms with van der Waals surface area (Å²) in [6, 6.07) is 5.65. The predicted octanol–water partition coefficient (Wildman–Crippen LogP) is -1.74. The van der Waals surface area contributed by atoms with Gasteiger partial charge in [-0.05, 0) is 86.4 Å². The maximum absolute atomic E-state index is 15.7. The number of esters is 1. The number of halogens is 1. The van der Waals surface area contributed by atoms with E-state index >= 15 is 4.39 Å². The molecule has 0 aliphatic carbocycles. The van der Waals surface area contributed by atoms with Crippen molar-refractivity contribution in [3.8, 4) is 17.1 Å². The first-order valence-electron chi connectivity index (χ1n) is 27.1. The van der Waals surface area contributed by atoms with Crippen molar-refractivity contribution in [3.63, 3.8) is 0 Å². The Hall–Kier alpha value is -7.78. The molecule has 0 bridgehead atoms. The van der Waals surface area contributed by atoms with Gasteiger partial charge in [0.25, 0.3) is 5.56 Å². The average Bonchev–Trinajstić information content (AvgIpc) is 1.67. The van der Waals surface area contributed by atoms with E-state index in [-0.39, 0.29) is 86.5 Å². The summed E-state index contributed by atoms with van der Waals surface area (Å²) >= 11 is 0. The number of nitrogens with zero attached hydrogens (tertiary/aromatic N) is 3. The second-order valence-electron chi connectivity index (χ2n) is 21.2. The number of nitrogens with one attached hydrogen (secondary N) is 3. The molecular weight excluding hydrogens is 1130 g/mol. The van der Waals surface area contributed by atoms with Gasteiger partial charge in [0.05, 0.1) is 40.7 Å². The number of benzene rings is 2. The Labute approximate surface area is 482 Å². The summed E-state index contributed by atoms with van der Waals surface area (Å²) in [6.07, 6.45) is -20.4. The van der Waals surface area contributed by atoms with Crippen LogP contribution in [0, 0.1) is 19.7 Å². The van der Waals surface area contributed by atoms with Crippen molar-refractivity contribution in [2.45, 2.75) is 158 Å². The number of aryl methyl sites for hydroxylation is 2. The highest BCUT2D eigenvalue weighted by atomic mass is 19.1. The first kappa shape index (κ1) is 63.2. The van der Waals surface area contributed by atoms with Crippen molar-refractivity contribution in [1.82, 2.24) is 25.1 Å². The molecule has 4 aromatic rings. The second kappa shape index (κ2) is 25.8. The third-order valence-corrected chi connectivity index (χ3v) is 15.6. The molecule has 0 unspecified atom stereocenters. The number of aliphatic hydroxyl groups is 7. The molecule has 29 nitrogen and oxygen atoms in total. The Morgan fingerprint density at radius 2 is 1.56 bits per heavy atom. The van der Waals surface area contributed by atoms with Gasteiger partial charge in [-0.2, -0.15) is 0 Å². The lowest BCUT2D eigenvalue weighted by molar-refractivity contribution is -0.271. The van der Waals surface area contributed by atoms with Gasteiger partial charge in [-0.15, -0.1) is 0 Å². The van der Waals surface area contributed by atoms with Crippen LogP contribution in [0.25, 0.3) is 22.3 Å². The molecule has 0 saturated carbocycles. The molecule has 85 heavy (non-hydrogen) atoms. The fraction of sp³-hybridized carbons (Fsp3) is 0.509. The molecule has 4 amide bonds. The number of cyclic esters (lactones) is 1. The van der Waals surface area contributed by atoms with Gasteiger partial charge < -0.3 is 101 Å². The number of aromatic nitrogens is 2.